The van der Waals surface area contributed by atoms with E-state index in [1.807, 2.05) is 0 Å². The van der Waals surface area contributed by atoms with Crippen LogP contribution in [0.25, 0.3) is 11.4 Å². The fourth-order valence-corrected chi connectivity index (χ4v) is 3.33. The summed E-state index contributed by atoms with van der Waals surface area (Å²) in [6, 6.07) is 10.8. The van der Waals surface area contributed by atoms with E-state index < -0.39 is 27.3 Å². The van der Waals surface area contributed by atoms with Gasteiger partial charge in [0.05, 0.1) is 10.5 Å². The first-order valence-electron chi connectivity index (χ1n) is 6.58. The van der Waals surface area contributed by atoms with Gasteiger partial charge in [0.15, 0.2) is 15.7 Å². The van der Waals surface area contributed by atoms with Crippen LogP contribution in [0.3, 0.4) is 0 Å². The Kier molecular flexibility index (Phi) is 3.91. The van der Waals surface area contributed by atoms with Crippen LogP contribution in [0, 0.1) is 11.6 Å². The number of nitrogens with zero attached hydrogens (tertiary/aromatic N) is 3. The molecule has 0 aliphatic rings. The maximum atomic E-state index is 13.9. The van der Waals surface area contributed by atoms with E-state index in [0.29, 0.717) is 6.07 Å². The van der Waals surface area contributed by atoms with Crippen molar-refractivity contribution in [2.75, 3.05) is 0 Å². The number of hydrogen-bond acceptors (Lipinski definition) is 4. The number of sulfone groups is 1. The van der Waals surface area contributed by atoms with Crippen LogP contribution in [0.5, 0.6) is 0 Å². The van der Waals surface area contributed by atoms with Crippen LogP contribution in [-0.2, 0) is 15.7 Å². The number of rotatable bonds is 4. The van der Waals surface area contributed by atoms with Gasteiger partial charge in [0.25, 0.3) is 0 Å². The van der Waals surface area contributed by atoms with E-state index in [9.17, 15) is 17.2 Å². The highest BCUT2D eigenvalue weighted by Gasteiger charge is 2.20. The van der Waals surface area contributed by atoms with Gasteiger partial charge in [-0.25, -0.2) is 26.9 Å². The third-order valence-electron chi connectivity index (χ3n) is 3.18. The predicted molar refractivity (Wildman–Crippen MR) is 79.0 cm³/mol. The van der Waals surface area contributed by atoms with E-state index in [1.54, 1.807) is 18.2 Å². The second kappa shape index (κ2) is 5.88. The van der Waals surface area contributed by atoms with Gasteiger partial charge < -0.3 is 0 Å². The Balaban J connectivity index is 1.99. The Morgan fingerprint density at radius 2 is 1.78 bits per heavy atom. The summed E-state index contributed by atoms with van der Waals surface area (Å²) in [6.07, 6.45) is 1.12. The van der Waals surface area contributed by atoms with E-state index in [4.69, 9.17) is 0 Å². The Morgan fingerprint density at radius 1 is 1.04 bits per heavy atom. The average molecular weight is 335 g/mol. The molecule has 3 rings (SSSR count). The van der Waals surface area contributed by atoms with Gasteiger partial charge >= 0.3 is 0 Å². The molecular weight excluding hydrogens is 324 g/mol. The van der Waals surface area contributed by atoms with Gasteiger partial charge in [-0.3, -0.25) is 0 Å². The van der Waals surface area contributed by atoms with Crippen LogP contribution in [0.2, 0.25) is 0 Å². The average Bonchev–Trinajstić information content (AvgIpc) is 2.95. The van der Waals surface area contributed by atoms with Crippen LogP contribution in [0.4, 0.5) is 8.78 Å². The van der Waals surface area contributed by atoms with Crippen LogP contribution in [0.1, 0.15) is 0 Å². The summed E-state index contributed by atoms with van der Waals surface area (Å²) in [7, 11) is -3.67. The van der Waals surface area contributed by atoms with E-state index >= 15 is 0 Å². The van der Waals surface area contributed by atoms with Gasteiger partial charge in [-0.05, 0) is 24.3 Å². The van der Waals surface area contributed by atoms with Crippen molar-refractivity contribution in [3.63, 3.8) is 0 Å². The first-order chi connectivity index (χ1) is 11.0. The van der Waals surface area contributed by atoms with E-state index in [2.05, 4.69) is 10.1 Å². The van der Waals surface area contributed by atoms with Gasteiger partial charge in [-0.2, -0.15) is 5.10 Å². The molecule has 1 aromatic heterocycles. The molecule has 0 bridgehead atoms. The van der Waals surface area contributed by atoms with Crippen LogP contribution in [-0.4, -0.2) is 23.2 Å². The van der Waals surface area contributed by atoms with Crippen LogP contribution < -0.4 is 0 Å². The zero-order valence-electron chi connectivity index (χ0n) is 11.7. The fourth-order valence-electron chi connectivity index (χ4n) is 2.10. The molecular formula is C15H11F2N3O2S. The van der Waals surface area contributed by atoms with Crippen molar-refractivity contribution in [3.05, 3.63) is 66.5 Å². The number of benzene rings is 2. The molecule has 0 atom stereocenters. The highest BCUT2D eigenvalue weighted by Crippen LogP contribution is 2.22. The van der Waals surface area contributed by atoms with Gasteiger partial charge in [0.2, 0.25) is 0 Å². The number of hydrogen-bond donors (Lipinski definition) is 0. The summed E-state index contributed by atoms with van der Waals surface area (Å²) in [5.41, 5.74) is -0.0211. The lowest BCUT2D eigenvalue weighted by Crippen LogP contribution is -2.14. The predicted octanol–water partition coefficient (Wildman–Crippen LogP) is 2.65. The molecule has 8 heteroatoms. The summed E-state index contributed by atoms with van der Waals surface area (Å²) in [6.45, 7) is 0. The van der Waals surface area contributed by atoms with Crippen molar-refractivity contribution in [2.45, 2.75) is 10.8 Å². The lowest BCUT2D eigenvalue weighted by Gasteiger charge is -2.08. The first-order valence-corrected chi connectivity index (χ1v) is 8.23. The van der Waals surface area contributed by atoms with Gasteiger partial charge in [0, 0.05) is 6.07 Å². The summed E-state index contributed by atoms with van der Waals surface area (Å²) >= 11 is 0. The molecule has 3 aromatic rings. The van der Waals surface area contributed by atoms with Crippen molar-refractivity contribution in [3.8, 4) is 11.4 Å². The molecule has 0 saturated heterocycles. The molecule has 0 unspecified atom stereocenters. The molecule has 23 heavy (non-hydrogen) atoms. The minimum atomic E-state index is -3.67. The molecule has 0 spiro atoms. The normalized spacial score (nSPS) is 11.6. The lowest BCUT2D eigenvalue weighted by molar-refractivity contribution is 0.571. The van der Waals surface area contributed by atoms with Gasteiger partial charge in [-0.15, -0.1) is 0 Å². The third-order valence-corrected chi connectivity index (χ3v) is 4.76. The Labute approximate surface area is 131 Å². The number of halogens is 2. The lowest BCUT2D eigenvalue weighted by atomic mass is 10.2. The smallest absolute Gasteiger partial charge is 0.198 e. The maximum Gasteiger partial charge on any atom is 0.198 e. The number of aromatic nitrogens is 3. The molecule has 0 amide bonds. The quantitative estimate of drug-likeness (QED) is 0.735. The van der Waals surface area contributed by atoms with E-state index in [-0.39, 0.29) is 16.3 Å². The Hall–Kier alpha value is -2.61. The van der Waals surface area contributed by atoms with Crippen molar-refractivity contribution in [1.82, 2.24) is 14.8 Å². The van der Waals surface area contributed by atoms with Gasteiger partial charge in [0.1, 0.15) is 23.8 Å². The minimum absolute atomic E-state index is 0.0157. The first kappa shape index (κ1) is 15.3. The third kappa shape index (κ3) is 3.11. The summed E-state index contributed by atoms with van der Waals surface area (Å²) in [5.74, 6) is -2.05. The zero-order valence-corrected chi connectivity index (χ0v) is 12.5. The molecule has 118 valence electrons. The molecule has 0 aliphatic heterocycles. The van der Waals surface area contributed by atoms with Crippen molar-refractivity contribution >= 4 is 9.84 Å². The van der Waals surface area contributed by atoms with Crippen molar-refractivity contribution in [1.29, 1.82) is 0 Å². The van der Waals surface area contributed by atoms with Crippen molar-refractivity contribution < 1.29 is 17.2 Å². The fraction of sp³-hybridized carbons (Fsp3) is 0.0667. The molecule has 0 aliphatic carbocycles. The maximum absolute atomic E-state index is 13.9. The zero-order chi connectivity index (χ0) is 16.4. The second-order valence-electron chi connectivity index (χ2n) is 4.76. The highest BCUT2D eigenvalue weighted by molar-refractivity contribution is 7.90. The SMILES string of the molecule is O=S(=O)(Cn1ncnc1-c1ccc(F)cc1F)c1ccccc1. The summed E-state index contributed by atoms with van der Waals surface area (Å²) in [5, 5.41) is 3.83. The van der Waals surface area contributed by atoms with Gasteiger partial charge in [-0.1, -0.05) is 18.2 Å². The van der Waals surface area contributed by atoms with E-state index in [1.165, 1.54) is 18.2 Å². The largest absolute Gasteiger partial charge is 0.230 e. The Morgan fingerprint density at radius 3 is 2.48 bits per heavy atom. The van der Waals surface area contributed by atoms with Crippen molar-refractivity contribution in [2.24, 2.45) is 0 Å². The molecule has 2 aromatic carbocycles. The highest BCUT2D eigenvalue weighted by atomic mass is 32.2. The Bertz CT molecular complexity index is 940. The molecule has 1 heterocycles. The summed E-state index contributed by atoms with van der Waals surface area (Å²) in [4.78, 5) is 4.01. The van der Waals surface area contributed by atoms with Crippen LogP contribution >= 0.6 is 0 Å². The molecule has 0 saturated carbocycles. The molecule has 0 radical (unpaired) electrons. The molecule has 0 fully saturated rings. The standard InChI is InChI=1S/C15H11F2N3O2S/c16-11-6-7-13(14(17)8-11)15-18-9-19-20(15)10-23(21,22)12-4-2-1-3-5-12/h1-9H,10H2. The van der Waals surface area contributed by atoms with E-state index in [0.717, 1.165) is 17.1 Å². The minimum Gasteiger partial charge on any atom is -0.230 e. The molecule has 5 nitrogen and oxygen atoms in total. The monoisotopic (exact) mass is 335 g/mol. The second-order valence-corrected chi connectivity index (χ2v) is 6.72. The summed E-state index contributed by atoms with van der Waals surface area (Å²) < 4.78 is 52.7. The molecule has 0 N–H and O–H groups in total. The van der Waals surface area contributed by atoms with Crippen LogP contribution in [0.15, 0.2) is 59.8 Å². The topological polar surface area (TPSA) is 64.8 Å².